The van der Waals surface area contributed by atoms with Gasteiger partial charge in [-0.2, -0.15) is 0 Å². The summed E-state index contributed by atoms with van der Waals surface area (Å²) in [4.78, 5) is 0. The molecule has 0 saturated heterocycles. The minimum Gasteiger partial charge on any atom is -0.487 e. The van der Waals surface area contributed by atoms with Crippen LogP contribution in [-0.2, 0) is 0 Å². The summed E-state index contributed by atoms with van der Waals surface area (Å²) in [5, 5.41) is 3.63. The molecule has 1 N–H and O–H groups in total. The minimum atomic E-state index is -0.0235. The van der Waals surface area contributed by atoms with Crippen LogP contribution >= 0.6 is 0 Å². The van der Waals surface area contributed by atoms with Gasteiger partial charge < -0.3 is 10.1 Å². The Bertz CT molecular complexity index is 443. The van der Waals surface area contributed by atoms with E-state index >= 15 is 0 Å². The molecule has 2 nitrogen and oxygen atoms in total. The van der Waals surface area contributed by atoms with Gasteiger partial charge in [-0.3, -0.25) is 0 Å². The molecular formula is C18H29NO. The van der Waals surface area contributed by atoms with E-state index in [1.165, 1.54) is 30.4 Å². The second-order valence-electron chi connectivity index (χ2n) is 6.36. The third-order valence-electron chi connectivity index (χ3n) is 4.29. The highest BCUT2D eigenvalue weighted by molar-refractivity contribution is 5.41. The van der Waals surface area contributed by atoms with Gasteiger partial charge in [0.25, 0.3) is 0 Å². The molecule has 0 aromatic heterocycles. The summed E-state index contributed by atoms with van der Waals surface area (Å²) in [6, 6.07) is 7.00. The maximum absolute atomic E-state index is 6.36. The number of unbranched alkanes of at least 4 members (excludes halogenated alkanes) is 2. The van der Waals surface area contributed by atoms with Crippen molar-refractivity contribution < 1.29 is 4.74 Å². The standard InChI is InChI=1S/C18H29NO/c1-5-7-8-11-18(4)13-16(19-6-2)15-12-14(3)9-10-17(15)20-18/h9-10,12,16,19H,5-8,11,13H2,1-4H3. The lowest BCUT2D eigenvalue weighted by atomic mass is 9.84. The second kappa shape index (κ2) is 6.62. The Morgan fingerprint density at radius 2 is 2.10 bits per heavy atom. The van der Waals surface area contributed by atoms with Crippen LogP contribution in [0.4, 0.5) is 0 Å². The summed E-state index contributed by atoms with van der Waals surface area (Å²) in [5.41, 5.74) is 2.62. The molecule has 0 amide bonds. The Balaban J connectivity index is 2.19. The normalized spacial score (nSPS) is 25.1. The molecule has 1 aromatic carbocycles. The van der Waals surface area contributed by atoms with Crippen LogP contribution in [0.3, 0.4) is 0 Å². The monoisotopic (exact) mass is 275 g/mol. The largest absolute Gasteiger partial charge is 0.487 e. The molecule has 20 heavy (non-hydrogen) atoms. The zero-order chi connectivity index (χ0) is 14.6. The molecule has 0 bridgehead atoms. The molecule has 1 heterocycles. The van der Waals surface area contributed by atoms with Gasteiger partial charge in [0, 0.05) is 18.0 Å². The molecule has 0 saturated carbocycles. The molecule has 2 unspecified atom stereocenters. The molecule has 2 rings (SSSR count). The van der Waals surface area contributed by atoms with Gasteiger partial charge in [0.15, 0.2) is 0 Å². The Morgan fingerprint density at radius 1 is 1.30 bits per heavy atom. The third-order valence-corrected chi connectivity index (χ3v) is 4.29. The molecule has 1 aliphatic heterocycles. The SMILES string of the molecule is CCCCCC1(C)CC(NCC)c2cc(C)ccc2O1. The summed E-state index contributed by atoms with van der Waals surface area (Å²) < 4.78 is 6.36. The van der Waals surface area contributed by atoms with Gasteiger partial charge in [-0.05, 0) is 39.3 Å². The average Bonchev–Trinajstić information content (AvgIpc) is 2.40. The molecule has 0 fully saturated rings. The van der Waals surface area contributed by atoms with Crippen LogP contribution in [0.15, 0.2) is 18.2 Å². The first-order chi connectivity index (χ1) is 9.58. The molecule has 2 heteroatoms. The van der Waals surface area contributed by atoms with Crippen LogP contribution in [0.5, 0.6) is 5.75 Å². The minimum absolute atomic E-state index is 0.0235. The van der Waals surface area contributed by atoms with Gasteiger partial charge in [-0.15, -0.1) is 0 Å². The van der Waals surface area contributed by atoms with Crippen LogP contribution in [-0.4, -0.2) is 12.1 Å². The first-order valence-electron chi connectivity index (χ1n) is 8.11. The maximum atomic E-state index is 6.36. The number of fused-ring (bicyclic) bond motifs is 1. The number of hydrogen-bond donors (Lipinski definition) is 1. The van der Waals surface area contributed by atoms with Crippen LogP contribution in [0.1, 0.15) is 70.0 Å². The summed E-state index contributed by atoms with van der Waals surface area (Å²) in [5.74, 6) is 1.08. The highest BCUT2D eigenvalue weighted by atomic mass is 16.5. The lowest BCUT2D eigenvalue weighted by molar-refractivity contribution is 0.0376. The predicted octanol–water partition coefficient (Wildman–Crippen LogP) is 4.77. The number of nitrogens with one attached hydrogen (secondary N) is 1. The zero-order valence-electron chi connectivity index (χ0n) is 13.5. The van der Waals surface area contributed by atoms with Gasteiger partial charge in [0.2, 0.25) is 0 Å². The highest BCUT2D eigenvalue weighted by Gasteiger charge is 2.36. The van der Waals surface area contributed by atoms with Crippen LogP contribution < -0.4 is 10.1 Å². The molecule has 1 aliphatic rings. The zero-order valence-corrected chi connectivity index (χ0v) is 13.5. The van der Waals surface area contributed by atoms with Crippen molar-refractivity contribution in [2.75, 3.05) is 6.54 Å². The quantitative estimate of drug-likeness (QED) is 0.755. The first-order valence-corrected chi connectivity index (χ1v) is 8.11. The smallest absolute Gasteiger partial charge is 0.124 e. The van der Waals surface area contributed by atoms with E-state index in [0.29, 0.717) is 6.04 Å². The van der Waals surface area contributed by atoms with E-state index < -0.39 is 0 Å². The lowest BCUT2D eigenvalue weighted by Gasteiger charge is -2.40. The molecule has 0 radical (unpaired) electrons. The van der Waals surface area contributed by atoms with E-state index in [1.807, 2.05) is 0 Å². The van der Waals surface area contributed by atoms with Crippen molar-refractivity contribution in [1.29, 1.82) is 0 Å². The van der Waals surface area contributed by atoms with Crippen molar-refractivity contribution in [2.24, 2.45) is 0 Å². The van der Waals surface area contributed by atoms with Crippen molar-refractivity contribution in [2.45, 2.75) is 71.4 Å². The summed E-state index contributed by atoms with van der Waals surface area (Å²) in [7, 11) is 0. The summed E-state index contributed by atoms with van der Waals surface area (Å²) in [6.45, 7) is 9.86. The summed E-state index contributed by atoms with van der Waals surface area (Å²) in [6.07, 6.45) is 6.04. The number of ether oxygens (including phenoxy) is 1. The number of hydrogen-bond acceptors (Lipinski definition) is 2. The van der Waals surface area contributed by atoms with Gasteiger partial charge in [-0.1, -0.05) is 44.4 Å². The summed E-state index contributed by atoms with van der Waals surface area (Å²) >= 11 is 0. The number of aryl methyl sites for hydroxylation is 1. The molecule has 0 spiro atoms. The fourth-order valence-electron chi connectivity index (χ4n) is 3.21. The second-order valence-corrected chi connectivity index (χ2v) is 6.36. The number of benzene rings is 1. The fourth-order valence-corrected chi connectivity index (χ4v) is 3.21. The first kappa shape index (κ1) is 15.4. The Kier molecular flexibility index (Phi) is 5.09. The molecule has 1 aromatic rings. The fraction of sp³-hybridized carbons (Fsp3) is 0.667. The lowest BCUT2D eigenvalue weighted by Crippen LogP contribution is -2.41. The van der Waals surface area contributed by atoms with E-state index in [1.54, 1.807) is 0 Å². The number of rotatable bonds is 6. The van der Waals surface area contributed by atoms with Gasteiger partial charge in [0.05, 0.1) is 0 Å². The van der Waals surface area contributed by atoms with Crippen molar-refractivity contribution in [3.05, 3.63) is 29.3 Å². The van der Waals surface area contributed by atoms with E-state index in [0.717, 1.165) is 25.1 Å². The topological polar surface area (TPSA) is 21.3 Å². The highest BCUT2D eigenvalue weighted by Crippen LogP contribution is 2.42. The van der Waals surface area contributed by atoms with Gasteiger partial charge >= 0.3 is 0 Å². The molecule has 0 aliphatic carbocycles. The van der Waals surface area contributed by atoms with E-state index in [-0.39, 0.29) is 5.60 Å². The van der Waals surface area contributed by atoms with E-state index in [4.69, 9.17) is 4.74 Å². The molecule has 2 atom stereocenters. The van der Waals surface area contributed by atoms with Crippen LogP contribution in [0.25, 0.3) is 0 Å². The van der Waals surface area contributed by atoms with Gasteiger partial charge in [0.1, 0.15) is 11.4 Å². The Labute approximate surface area is 123 Å². The average molecular weight is 275 g/mol. The molecular weight excluding hydrogens is 246 g/mol. The van der Waals surface area contributed by atoms with E-state index in [9.17, 15) is 0 Å². The van der Waals surface area contributed by atoms with Crippen LogP contribution in [0, 0.1) is 6.92 Å². The van der Waals surface area contributed by atoms with E-state index in [2.05, 4.69) is 51.2 Å². The third kappa shape index (κ3) is 3.54. The van der Waals surface area contributed by atoms with Crippen molar-refractivity contribution in [1.82, 2.24) is 5.32 Å². The molecule has 112 valence electrons. The van der Waals surface area contributed by atoms with Crippen molar-refractivity contribution >= 4 is 0 Å². The Morgan fingerprint density at radius 3 is 2.80 bits per heavy atom. The van der Waals surface area contributed by atoms with Gasteiger partial charge in [-0.25, -0.2) is 0 Å². The Hall–Kier alpha value is -1.02. The van der Waals surface area contributed by atoms with Crippen molar-refractivity contribution in [3.8, 4) is 5.75 Å². The van der Waals surface area contributed by atoms with Crippen molar-refractivity contribution in [3.63, 3.8) is 0 Å². The maximum Gasteiger partial charge on any atom is 0.124 e. The van der Waals surface area contributed by atoms with Crippen LogP contribution in [0.2, 0.25) is 0 Å². The predicted molar refractivity (Wildman–Crippen MR) is 85.4 cm³/mol.